The molecule has 0 saturated carbocycles. The largest absolute Gasteiger partial charge is 0.376 e. The molecule has 0 heterocycles. The third-order valence-corrected chi connectivity index (χ3v) is 3.06. The molecule has 0 amide bonds. The predicted molar refractivity (Wildman–Crippen MR) is 70.1 cm³/mol. The molecule has 0 fully saturated rings. The van der Waals surface area contributed by atoms with Gasteiger partial charge < -0.3 is 5.32 Å². The van der Waals surface area contributed by atoms with E-state index in [4.69, 9.17) is 23.2 Å². The van der Waals surface area contributed by atoms with Crippen molar-refractivity contribution in [3.8, 4) is 0 Å². The first-order valence-electron chi connectivity index (χ1n) is 5.29. The topological polar surface area (TPSA) is 12.0 Å². The van der Waals surface area contributed by atoms with Crippen molar-refractivity contribution in [2.24, 2.45) is 0 Å². The highest BCUT2D eigenvalue weighted by Gasteiger charge is 2.11. The maximum absolute atomic E-state index is 13.4. The van der Waals surface area contributed by atoms with Crippen molar-refractivity contribution in [2.75, 3.05) is 5.32 Å². The summed E-state index contributed by atoms with van der Waals surface area (Å²) in [5, 5.41) is 3.38. The van der Waals surface area contributed by atoms with Gasteiger partial charge in [-0.15, -0.1) is 0 Å². The highest BCUT2D eigenvalue weighted by molar-refractivity contribution is 6.35. The molecule has 0 aromatic heterocycles. The van der Waals surface area contributed by atoms with Gasteiger partial charge in [-0.2, -0.15) is 0 Å². The number of rotatable bonds is 3. The summed E-state index contributed by atoms with van der Waals surface area (Å²) in [6, 6.07) is 5.99. The van der Waals surface area contributed by atoms with Gasteiger partial charge >= 0.3 is 0 Å². The lowest BCUT2D eigenvalue weighted by atomic mass is 10.2. The quantitative estimate of drug-likeness (QED) is 0.839. The van der Waals surface area contributed by atoms with Gasteiger partial charge in [0.15, 0.2) is 11.6 Å². The normalized spacial score (nSPS) is 10.6. The summed E-state index contributed by atoms with van der Waals surface area (Å²) in [5.74, 6) is -2.96. The van der Waals surface area contributed by atoms with Gasteiger partial charge in [0.25, 0.3) is 0 Å². The SMILES string of the molecule is Fc1cc(F)c(NCc2ccc(Cl)cc2Cl)c(F)c1. The number of nitrogens with one attached hydrogen (secondary N) is 1. The summed E-state index contributed by atoms with van der Waals surface area (Å²) >= 11 is 11.7. The van der Waals surface area contributed by atoms with Crippen LogP contribution >= 0.6 is 23.2 Å². The second-order valence-electron chi connectivity index (χ2n) is 3.83. The van der Waals surface area contributed by atoms with Crippen molar-refractivity contribution in [3.05, 3.63) is 63.4 Å². The van der Waals surface area contributed by atoms with Crippen LogP contribution in [0.15, 0.2) is 30.3 Å². The number of hydrogen-bond donors (Lipinski definition) is 1. The molecular formula is C13H8Cl2F3N. The monoisotopic (exact) mass is 305 g/mol. The molecular weight excluding hydrogens is 298 g/mol. The number of anilines is 1. The lowest BCUT2D eigenvalue weighted by molar-refractivity contribution is 0.547. The van der Waals surface area contributed by atoms with Crippen LogP contribution in [-0.2, 0) is 6.54 Å². The lowest BCUT2D eigenvalue weighted by Gasteiger charge is -2.10. The van der Waals surface area contributed by atoms with E-state index in [1.807, 2.05) is 0 Å². The van der Waals surface area contributed by atoms with E-state index in [0.29, 0.717) is 27.7 Å². The molecule has 1 nitrogen and oxygen atoms in total. The summed E-state index contributed by atoms with van der Waals surface area (Å²) in [6.07, 6.45) is 0. The Morgan fingerprint density at radius 3 is 2.16 bits per heavy atom. The zero-order valence-electron chi connectivity index (χ0n) is 9.48. The van der Waals surface area contributed by atoms with Gasteiger partial charge in [0.2, 0.25) is 0 Å². The van der Waals surface area contributed by atoms with Gasteiger partial charge in [0, 0.05) is 28.7 Å². The molecule has 2 aromatic rings. The minimum absolute atomic E-state index is 0.0927. The number of halogens is 5. The summed E-state index contributed by atoms with van der Waals surface area (Å²) in [7, 11) is 0. The summed E-state index contributed by atoms with van der Waals surface area (Å²) in [6.45, 7) is 0.0927. The molecule has 0 bridgehead atoms. The van der Waals surface area contributed by atoms with Crippen LogP contribution in [0.4, 0.5) is 18.9 Å². The molecule has 100 valence electrons. The van der Waals surface area contributed by atoms with Crippen molar-refractivity contribution >= 4 is 28.9 Å². The van der Waals surface area contributed by atoms with E-state index < -0.39 is 23.1 Å². The van der Waals surface area contributed by atoms with E-state index in [0.717, 1.165) is 0 Å². The first-order chi connectivity index (χ1) is 8.97. The first kappa shape index (κ1) is 14.0. The van der Waals surface area contributed by atoms with Crippen LogP contribution in [0.3, 0.4) is 0 Å². The van der Waals surface area contributed by atoms with Crippen molar-refractivity contribution < 1.29 is 13.2 Å². The van der Waals surface area contributed by atoms with Crippen molar-refractivity contribution in [1.82, 2.24) is 0 Å². The summed E-state index contributed by atoms with van der Waals surface area (Å²) < 4.78 is 39.5. The predicted octanol–water partition coefficient (Wildman–Crippen LogP) is 5.02. The molecule has 0 atom stereocenters. The molecule has 0 radical (unpaired) electrons. The third-order valence-electron chi connectivity index (χ3n) is 2.48. The van der Waals surface area contributed by atoms with Gasteiger partial charge in [-0.1, -0.05) is 29.3 Å². The van der Waals surface area contributed by atoms with E-state index in [-0.39, 0.29) is 6.54 Å². The molecule has 2 rings (SSSR count). The van der Waals surface area contributed by atoms with Crippen LogP contribution in [0.5, 0.6) is 0 Å². The fourth-order valence-corrected chi connectivity index (χ4v) is 2.04. The minimum atomic E-state index is -0.998. The Kier molecular flexibility index (Phi) is 4.22. The van der Waals surface area contributed by atoms with Crippen LogP contribution in [-0.4, -0.2) is 0 Å². The highest BCUT2D eigenvalue weighted by atomic mass is 35.5. The van der Waals surface area contributed by atoms with Crippen molar-refractivity contribution in [3.63, 3.8) is 0 Å². The van der Waals surface area contributed by atoms with Crippen LogP contribution < -0.4 is 5.32 Å². The van der Waals surface area contributed by atoms with E-state index in [1.54, 1.807) is 12.1 Å². The Morgan fingerprint density at radius 2 is 1.58 bits per heavy atom. The van der Waals surface area contributed by atoms with Crippen LogP contribution in [0.1, 0.15) is 5.56 Å². The van der Waals surface area contributed by atoms with Crippen LogP contribution in [0.2, 0.25) is 10.0 Å². The lowest BCUT2D eigenvalue weighted by Crippen LogP contribution is -2.05. The second kappa shape index (κ2) is 5.72. The number of hydrogen-bond acceptors (Lipinski definition) is 1. The van der Waals surface area contributed by atoms with Gasteiger partial charge in [0.1, 0.15) is 11.5 Å². The third kappa shape index (κ3) is 3.33. The first-order valence-corrected chi connectivity index (χ1v) is 6.05. The van der Waals surface area contributed by atoms with Gasteiger partial charge in [-0.3, -0.25) is 0 Å². The minimum Gasteiger partial charge on any atom is -0.376 e. The molecule has 0 spiro atoms. The molecule has 1 N–H and O–H groups in total. The maximum atomic E-state index is 13.4. The fraction of sp³-hybridized carbons (Fsp3) is 0.0769. The smallest absolute Gasteiger partial charge is 0.152 e. The zero-order chi connectivity index (χ0) is 14.0. The standard InChI is InChI=1S/C13H8Cl2F3N/c14-8-2-1-7(10(15)3-8)6-19-13-11(17)4-9(16)5-12(13)18/h1-5,19H,6H2. The molecule has 0 aliphatic rings. The van der Waals surface area contributed by atoms with Crippen LogP contribution in [0, 0.1) is 17.5 Å². The van der Waals surface area contributed by atoms with Crippen LogP contribution in [0.25, 0.3) is 0 Å². The van der Waals surface area contributed by atoms with E-state index in [2.05, 4.69) is 5.32 Å². The average Bonchev–Trinajstić information content (AvgIpc) is 2.30. The average molecular weight is 306 g/mol. The number of benzene rings is 2. The molecule has 6 heteroatoms. The molecule has 2 aromatic carbocycles. The Morgan fingerprint density at radius 1 is 0.947 bits per heavy atom. The Hall–Kier alpha value is -1.39. The van der Waals surface area contributed by atoms with E-state index >= 15 is 0 Å². The molecule has 0 saturated heterocycles. The molecule has 0 unspecified atom stereocenters. The molecule has 19 heavy (non-hydrogen) atoms. The van der Waals surface area contributed by atoms with E-state index in [9.17, 15) is 13.2 Å². The second-order valence-corrected chi connectivity index (χ2v) is 4.68. The van der Waals surface area contributed by atoms with Crippen molar-refractivity contribution in [2.45, 2.75) is 6.54 Å². The van der Waals surface area contributed by atoms with Gasteiger partial charge in [-0.25, -0.2) is 13.2 Å². The molecule has 0 aliphatic carbocycles. The fourth-order valence-electron chi connectivity index (χ4n) is 1.56. The van der Waals surface area contributed by atoms with Gasteiger partial charge in [0.05, 0.1) is 0 Å². The zero-order valence-corrected chi connectivity index (χ0v) is 11.0. The Bertz CT molecular complexity index is 594. The summed E-state index contributed by atoms with van der Waals surface area (Å²) in [5.41, 5.74) is 0.224. The van der Waals surface area contributed by atoms with E-state index in [1.165, 1.54) is 6.07 Å². The van der Waals surface area contributed by atoms with Crippen molar-refractivity contribution in [1.29, 1.82) is 0 Å². The summed E-state index contributed by atoms with van der Waals surface area (Å²) in [4.78, 5) is 0. The Balaban J connectivity index is 2.19. The Labute approximate surface area is 118 Å². The maximum Gasteiger partial charge on any atom is 0.152 e. The highest BCUT2D eigenvalue weighted by Crippen LogP contribution is 2.24. The van der Waals surface area contributed by atoms with Gasteiger partial charge in [-0.05, 0) is 17.7 Å². The molecule has 0 aliphatic heterocycles.